The van der Waals surface area contributed by atoms with Crippen molar-refractivity contribution in [1.82, 2.24) is 29.6 Å². The van der Waals surface area contributed by atoms with Crippen molar-refractivity contribution in [3.8, 4) is 5.88 Å². The van der Waals surface area contributed by atoms with E-state index in [9.17, 15) is 13.6 Å². The molecule has 0 radical (unpaired) electrons. The highest BCUT2D eigenvalue weighted by Crippen LogP contribution is 2.27. The second-order valence-corrected chi connectivity index (χ2v) is 12.8. The normalized spacial score (nSPS) is 15.9. The predicted octanol–water partition coefficient (Wildman–Crippen LogP) is 7.44. The number of H-pyrrole nitrogens is 1. The average Bonchev–Trinajstić information content (AvgIpc) is 3.68. The third-order valence-electron chi connectivity index (χ3n) is 9.06. The van der Waals surface area contributed by atoms with Crippen LogP contribution in [0.4, 0.5) is 14.5 Å². The van der Waals surface area contributed by atoms with Crippen LogP contribution in [0.2, 0.25) is 5.02 Å². The number of nitrogens with zero attached hydrogens (tertiary/aromatic N) is 5. The van der Waals surface area contributed by atoms with Gasteiger partial charge in [0.05, 0.1) is 46.8 Å². The smallest absolute Gasteiger partial charge is 0.216 e. The van der Waals surface area contributed by atoms with Gasteiger partial charge in [0.2, 0.25) is 11.8 Å². The molecule has 2 aliphatic rings. The van der Waals surface area contributed by atoms with Gasteiger partial charge >= 0.3 is 0 Å². The van der Waals surface area contributed by atoms with Crippen LogP contribution in [0.15, 0.2) is 78.9 Å². The van der Waals surface area contributed by atoms with Crippen molar-refractivity contribution in [3.05, 3.63) is 118 Å². The summed E-state index contributed by atoms with van der Waals surface area (Å²) in [5, 5.41) is 9.85. The highest BCUT2D eigenvalue weighted by molar-refractivity contribution is 6.30. The first-order valence-electron chi connectivity index (χ1n) is 16.7. The van der Waals surface area contributed by atoms with Gasteiger partial charge in [-0.1, -0.05) is 29.8 Å². The summed E-state index contributed by atoms with van der Waals surface area (Å²) in [6.45, 7) is 3.93. The van der Waals surface area contributed by atoms with Crippen LogP contribution in [-0.4, -0.2) is 68.8 Å². The molecule has 3 aromatic carbocycles. The first-order chi connectivity index (χ1) is 24.9. The number of hydrogen-bond acceptors (Lipinski definition) is 8. The van der Waals surface area contributed by atoms with E-state index in [1.54, 1.807) is 37.4 Å². The number of fused-ring (bicyclic) bond motifs is 2. The highest BCUT2D eigenvalue weighted by Gasteiger charge is 2.24. The van der Waals surface area contributed by atoms with E-state index in [0.717, 1.165) is 79.2 Å². The molecule has 3 aromatic heterocycles. The summed E-state index contributed by atoms with van der Waals surface area (Å²) < 4.78 is 40.7. The minimum atomic E-state index is -0.397. The van der Waals surface area contributed by atoms with E-state index in [0.29, 0.717) is 39.5 Å². The zero-order valence-corrected chi connectivity index (χ0v) is 28.7. The van der Waals surface area contributed by atoms with Crippen LogP contribution in [0.25, 0.3) is 27.5 Å². The Hall–Kier alpha value is -5.17. The van der Waals surface area contributed by atoms with E-state index in [1.807, 2.05) is 36.4 Å². The molecule has 1 fully saturated rings. The SMILES string of the molecule is CNc1ccc2n[nH]c(F)c2c1.O=Cc1ccc2nc(CN3CC=C(c4cccc(OCc5ccc(Cl)cc5F)n4)CC3)n(CC3CCO3)c2c1. The van der Waals surface area contributed by atoms with Crippen LogP contribution in [0, 0.1) is 11.8 Å². The Kier molecular flexibility index (Phi) is 10.3. The Bertz CT molecular complexity index is 2220. The van der Waals surface area contributed by atoms with Crippen LogP contribution < -0.4 is 10.1 Å². The maximum atomic E-state index is 14.1. The van der Waals surface area contributed by atoms with E-state index in [1.165, 1.54) is 6.07 Å². The Labute approximate surface area is 298 Å². The maximum absolute atomic E-state index is 14.1. The zero-order chi connectivity index (χ0) is 35.3. The number of rotatable bonds is 10. The summed E-state index contributed by atoms with van der Waals surface area (Å²) in [6.07, 6.45) is 5.12. The number of anilines is 1. The summed E-state index contributed by atoms with van der Waals surface area (Å²) in [5.41, 5.74) is 6.47. The average molecular weight is 712 g/mol. The molecule has 0 saturated carbocycles. The lowest BCUT2D eigenvalue weighted by molar-refractivity contribution is -0.0591. The zero-order valence-electron chi connectivity index (χ0n) is 27.9. The number of carbonyl (C=O) groups is 1. The van der Waals surface area contributed by atoms with Crippen molar-refractivity contribution in [2.75, 3.05) is 32.1 Å². The fraction of sp³-hybridized carbons (Fsp3) is 0.263. The lowest BCUT2D eigenvalue weighted by Crippen LogP contribution is -2.33. The third-order valence-corrected chi connectivity index (χ3v) is 9.30. The maximum Gasteiger partial charge on any atom is 0.216 e. The van der Waals surface area contributed by atoms with Gasteiger partial charge in [-0.15, -0.1) is 0 Å². The third kappa shape index (κ3) is 7.93. The topological polar surface area (TPSA) is 110 Å². The molecule has 51 heavy (non-hydrogen) atoms. The van der Waals surface area contributed by atoms with Crippen molar-refractivity contribution < 1.29 is 23.0 Å². The van der Waals surface area contributed by atoms with Gasteiger partial charge in [0.25, 0.3) is 0 Å². The molecule has 8 rings (SSSR count). The number of aldehydes is 1. The number of ether oxygens (including phenoxy) is 2. The van der Waals surface area contributed by atoms with E-state index in [-0.39, 0.29) is 18.7 Å². The van der Waals surface area contributed by atoms with Gasteiger partial charge in [0.1, 0.15) is 24.5 Å². The molecule has 13 heteroatoms. The second-order valence-electron chi connectivity index (χ2n) is 12.4. The highest BCUT2D eigenvalue weighted by atomic mass is 35.5. The van der Waals surface area contributed by atoms with Gasteiger partial charge in [-0.2, -0.15) is 9.49 Å². The molecular formula is C38H36ClF2N7O3. The monoisotopic (exact) mass is 711 g/mol. The number of aromatic amines is 1. The molecular weight excluding hydrogens is 676 g/mol. The summed E-state index contributed by atoms with van der Waals surface area (Å²) in [6, 6.07) is 21.2. The van der Waals surface area contributed by atoms with Gasteiger partial charge in [0, 0.05) is 54.6 Å². The fourth-order valence-electron chi connectivity index (χ4n) is 6.11. The lowest BCUT2D eigenvalue weighted by Gasteiger charge is -2.29. The van der Waals surface area contributed by atoms with Crippen LogP contribution in [0.1, 0.15) is 40.3 Å². The summed E-state index contributed by atoms with van der Waals surface area (Å²) >= 11 is 5.84. The number of carbonyl (C=O) groups excluding carboxylic acids is 1. The predicted molar refractivity (Wildman–Crippen MR) is 193 cm³/mol. The van der Waals surface area contributed by atoms with E-state index in [4.69, 9.17) is 26.1 Å². The minimum absolute atomic E-state index is 0.0769. The molecule has 0 aliphatic carbocycles. The molecule has 262 valence electrons. The molecule has 1 atom stereocenters. The molecule has 2 N–H and O–H groups in total. The first-order valence-corrected chi connectivity index (χ1v) is 17.1. The Morgan fingerprint density at radius 1 is 1.08 bits per heavy atom. The molecule has 5 heterocycles. The Balaban J connectivity index is 0.000000285. The molecule has 10 nitrogen and oxygen atoms in total. The molecule has 0 spiro atoms. The van der Waals surface area contributed by atoms with Crippen LogP contribution >= 0.6 is 11.6 Å². The van der Waals surface area contributed by atoms with Crippen molar-refractivity contribution in [2.45, 2.75) is 38.6 Å². The van der Waals surface area contributed by atoms with Crippen molar-refractivity contribution >= 4 is 51.1 Å². The van der Waals surface area contributed by atoms with Crippen molar-refractivity contribution in [1.29, 1.82) is 0 Å². The van der Waals surface area contributed by atoms with Gasteiger partial charge in [-0.3, -0.25) is 14.8 Å². The Morgan fingerprint density at radius 3 is 2.69 bits per heavy atom. The Morgan fingerprint density at radius 2 is 1.94 bits per heavy atom. The van der Waals surface area contributed by atoms with Crippen LogP contribution in [0.3, 0.4) is 0 Å². The standard InChI is InChI=1S/C30H28ClFN4O3.C8H8FN3/c31-23-6-5-22(25(32)15-23)19-39-30-3-1-2-26(34-30)21-8-11-35(12-9-21)17-29-33-27-7-4-20(18-37)14-28(27)36(29)16-24-10-13-38-24;1-10-5-2-3-7-6(4-5)8(9)12-11-7/h1-8,14-15,18,24H,9-13,16-17,19H2;2-4,10H,1H3,(H,11,12). The summed E-state index contributed by atoms with van der Waals surface area (Å²) in [7, 11) is 1.79. The summed E-state index contributed by atoms with van der Waals surface area (Å²) in [5.74, 6) is 0.643. The molecule has 6 aromatic rings. The number of halogens is 3. The number of imidazole rings is 1. The molecule has 2 aliphatic heterocycles. The van der Waals surface area contributed by atoms with Crippen LogP contribution in [-0.2, 0) is 24.4 Å². The van der Waals surface area contributed by atoms with E-state index in [2.05, 4.69) is 36.0 Å². The first kappa shape index (κ1) is 34.3. The number of aromatic nitrogens is 5. The minimum Gasteiger partial charge on any atom is -0.473 e. The lowest BCUT2D eigenvalue weighted by atomic mass is 10.0. The van der Waals surface area contributed by atoms with Crippen LogP contribution in [0.5, 0.6) is 5.88 Å². The molecule has 0 amide bonds. The van der Waals surface area contributed by atoms with Gasteiger partial charge < -0.3 is 19.4 Å². The number of benzene rings is 3. The van der Waals surface area contributed by atoms with Gasteiger partial charge in [-0.25, -0.2) is 14.4 Å². The van der Waals surface area contributed by atoms with Gasteiger partial charge in [0.15, 0.2) is 0 Å². The van der Waals surface area contributed by atoms with E-state index >= 15 is 0 Å². The quantitative estimate of drug-likeness (QED) is 0.141. The number of hydrogen-bond donors (Lipinski definition) is 2. The molecule has 1 saturated heterocycles. The number of pyridine rings is 1. The number of nitrogens with one attached hydrogen (secondary N) is 2. The molecule has 0 bridgehead atoms. The van der Waals surface area contributed by atoms with E-state index < -0.39 is 5.82 Å². The largest absolute Gasteiger partial charge is 0.473 e. The summed E-state index contributed by atoms with van der Waals surface area (Å²) in [4.78, 5) is 23.3. The second kappa shape index (κ2) is 15.4. The molecule has 1 unspecified atom stereocenters. The van der Waals surface area contributed by atoms with Gasteiger partial charge in [-0.05, 0) is 73.0 Å². The van der Waals surface area contributed by atoms with Crippen molar-refractivity contribution in [3.63, 3.8) is 0 Å². The fourth-order valence-corrected chi connectivity index (χ4v) is 6.26. The van der Waals surface area contributed by atoms with Crippen molar-refractivity contribution in [2.24, 2.45) is 0 Å².